The first-order chi connectivity index (χ1) is 12.4. The number of ether oxygens (including phenoxy) is 2. The first-order valence-electron chi connectivity index (χ1n) is 7.97. The number of nitrogens with zero attached hydrogens (tertiary/aromatic N) is 2. The van der Waals surface area contributed by atoms with Gasteiger partial charge in [0, 0.05) is 17.1 Å². The summed E-state index contributed by atoms with van der Waals surface area (Å²) in [6.45, 7) is 5.25. The van der Waals surface area contributed by atoms with Gasteiger partial charge in [-0.05, 0) is 51.1 Å². The zero-order chi connectivity index (χ0) is 19.1. The number of carbonyl (C=O) groups is 2. The Kier molecular flexibility index (Phi) is 6.97. The van der Waals surface area contributed by atoms with E-state index in [1.54, 1.807) is 31.4 Å². The standard InChI is InChI=1S/C18H21N3O4S/c1-11-9-12(2)20-18(19-11)26-10-16(22)25-13(3)17(23)21-14-5-7-15(24-4)8-6-14/h5-9,13H,10H2,1-4H3,(H,21,23)/t13-/m1/s1. The number of anilines is 1. The number of methoxy groups -OCH3 is 1. The molecule has 0 radical (unpaired) electrons. The fraction of sp³-hybridized carbons (Fsp3) is 0.333. The molecule has 1 heterocycles. The van der Waals surface area contributed by atoms with Crippen molar-refractivity contribution in [2.75, 3.05) is 18.2 Å². The van der Waals surface area contributed by atoms with Crippen molar-refractivity contribution in [3.8, 4) is 5.75 Å². The normalized spacial score (nSPS) is 11.5. The predicted octanol–water partition coefficient (Wildman–Crippen LogP) is 2.76. The first-order valence-corrected chi connectivity index (χ1v) is 8.95. The molecule has 138 valence electrons. The van der Waals surface area contributed by atoms with Crippen LogP contribution in [0.15, 0.2) is 35.5 Å². The van der Waals surface area contributed by atoms with Crippen molar-refractivity contribution in [3.63, 3.8) is 0 Å². The molecule has 0 bridgehead atoms. The summed E-state index contributed by atoms with van der Waals surface area (Å²) in [5, 5.41) is 3.19. The highest BCUT2D eigenvalue weighted by Crippen LogP contribution is 2.16. The molecular weight excluding hydrogens is 354 g/mol. The van der Waals surface area contributed by atoms with E-state index in [0.29, 0.717) is 16.6 Å². The Morgan fingerprint density at radius 3 is 2.35 bits per heavy atom. The maximum Gasteiger partial charge on any atom is 0.317 e. The van der Waals surface area contributed by atoms with E-state index in [9.17, 15) is 9.59 Å². The van der Waals surface area contributed by atoms with Gasteiger partial charge in [0.1, 0.15) is 5.75 Å². The van der Waals surface area contributed by atoms with E-state index in [4.69, 9.17) is 9.47 Å². The fourth-order valence-electron chi connectivity index (χ4n) is 2.08. The lowest BCUT2D eigenvalue weighted by atomic mass is 10.3. The Hall–Kier alpha value is -2.61. The molecule has 2 rings (SSSR count). The molecule has 0 fully saturated rings. The Morgan fingerprint density at radius 2 is 1.77 bits per heavy atom. The second-order valence-electron chi connectivity index (χ2n) is 5.57. The Labute approximate surface area is 156 Å². The average Bonchev–Trinajstić information content (AvgIpc) is 2.59. The summed E-state index contributed by atoms with van der Waals surface area (Å²) in [5.74, 6) is -0.192. The molecule has 2 aromatic rings. The number of benzene rings is 1. The molecule has 1 N–H and O–H groups in total. The number of nitrogens with one attached hydrogen (secondary N) is 1. The molecule has 1 amide bonds. The lowest BCUT2D eigenvalue weighted by Crippen LogP contribution is -2.30. The van der Waals surface area contributed by atoms with Gasteiger partial charge >= 0.3 is 5.97 Å². The predicted molar refractivity (Wildman–Crippen MR) is 99.4 cm³/mol. The first kappa shape index (κ1) is 19.7. The minimum atomic E-state index is -0.912. The number of aromatic nitrogens is 2. The van der Waals surface area contributed by atoms with Crippen LogP contribution in [0.4, 0.5) is 5.69 Å². The molecule has 0 aliphatic heterocycles. The van der Waals surface area contributed by atoms with E-state index < -0.39 is 18.0 Å². The molecule has 0 aliphatic carbocycles. The number of hydrogen-bond acceptors (Lipinski definition) is 7. The third kappa shape index (κ3) is 6.03. The summed E-state index contributed by atoms with van der Waals surface area (Å²) in [6, 6.07) is 8.73. The van der Waals surface area contributed by atoms with Crippen LogP contribution in [0.5, 0.6) is 5.75 Å². The van der Waals surface area contributed by atoms with Crippen molar-refractivity contribution in [2.24, 2.45) is 0 Å². The summed E-state index contributed by atoms with van der Waals surface area (Å²) < 4.78 is 10.2. The van der Waals surface area contributed by atoms with E-state index in [0.717, 1.165) is 11.4 Å². The Balaban J connectivity index is 1.82. The molecule has 0 unspecified atom stereocenters. The van der Waals surface area contributed by atoms with Crippen molar-refractivity contribution in [3.05, 3.63) is 41.7 Å². The highest BCUT2D eigenvalue weighted by molar-refractivity contribution is 7.99. The topological polar surface area (TPSA) is 90.4 Å². The maximum absolute atomic E-state index is 12.1. The van der Waals surface area contributed by atoms with Gasteiger partial charge < -0.3 is 14.8 Å². The van der Waals surface area contributed by atoms with Crippen molar-refractivity contribution in [2.45, 2.75) is 32.0 Å². The molecule has 0 saturated carbocycles. The number of rotatable bonds is 7. The molecule has 26 heavy (non-hydrogen) atoms. The SMILES string of the molecule is COc1ccc(NC(=O)[C@@H](C)OC(=O)CSc2nc(C)cc(C)n2)cc1. The monoisotopic (exact) mass is 375 g/mol. The molecule has 7 nitrogen and oxygen atoms in total. The van der Waals surface area contributed by atoms with Crippen LogP contribution in [0.3, 0.4) is 0 Å². The molecule has 0 saturated heterocycles. The summed E-state index contributed by atoms with van der Waals surface area (Å²) in [7, 11) is 1.57. The zero-order valence-electron chi connectivity index (χ0n) is 15.1. The molecule has 0 aliphatic rings. The summed E-state index contributed by atoms with van der Waals surface area (Å²) in [4.78, 5) is 32.5. The fourth-order valence-corrected chi connectivity index (χ4v) is 2.82. The highest BCUT2D eigenvalue weighted by atomic mass is 32.2. The van der Waals surface area contributed by atoms with Gasteiger partial charge in [-0.15, -0.1) is 0 Å². The van der Waals surface area contributed by atoms with Gasteiger partial charge in [-0.25, -0.2) is 9.97 Å². The zero-order valence-corrected chi connectivity index (χ0v) is 15.9. The van der Waals surface area contributed by atoms with Crippen LogP contribution in [0, 0.1) is 13.8 Å². The Bertz CT molecular complexity index is 760. The van der Waals surface area contributed by atoms with Crippen LogP contribution < -0.4 is 10.1 Å². The highest BCUT2D eigenvalue weighted by Gasteiger charge is 2.18. The van der Waals surface area contributed by atoms with Gasteiger partial charge in [0.05, 0.1) is 12.9 Å². The van der Waals surface area contributed by atoms with Crippen LogP contribution >= 0.6 is 11.8 Å². The van der Waals surface area contributed by atoms with Crippen LogP contribution in [0.25, 0.3) is 0 Å². The quantitative estimate of drug-likeness (QED) is 0.452. The number of aryl methyl sites for hydroxylation is 2. The van der Waals surface area contributed by atoms with Crippen LogP contribution in [0.1, 0.15) is 18.3 Å². The van der Waals surface area contributed by atoms with Gasteiger partial charge in [0.2, 0.25) is 0 Å². The molecular formula is C18H21N3O4S. The van der Waals surface area contributed by atoms with Crippen molar-refractivity contribution >= 4 is 29.3 Å². The number of amides is 1. The van der Waals surface area contributed by atoms with Crippen LogP contribution in [0.2, 0.25) is 0 Å². The van der Waals surface area contributed by atoms with E-state index >= 15 is 0 Å². The van der Waals surface area contributed by atoms with Gasteiger partial charge in [0.15, 0.2) is 11.3 Å². The van der Waals surface area contributed by atoms with Crippen molar-refractivity contribution in [1.29, 1.82) is 0 Å². The van der Waals surface area contributed by atoms with E-state index in [1.807, 2.05) is 19.9 Å². The summed E-state index contributed by atoms with van der Waals surface area (Å²) in [6.07, 6.45) is -0.912. The van der Waals surface area contributed by atoms with Gasteiger partial charge in [0.25, 0.3) is 5.91 Å². The van der Waals surface area contributed by atoms with Gasteiger partial charge in [-0.3, -0.25) is 9.59 Å². The third-order valence-electron chi connectivity index (χ3n) is 3.32. The lowest BCUT2D eigenvalue weighted by Gasteiger charge is -2.13. The Morgan fingerprint density at radius 1 is 1.15 bits per heavy atom. The summed E-state index contributed by atoms with van der Waals surface area (Å²) in [5.41, 5.74) is 2.26. The largest absolute Gasteiger partial charge is 0.497 e. The molecule has 1 atom stereocenters. The van der Waals surface area contributed by atoms with E-state index in [1.165, 1.54) is 18.7 Å². The second-order valence-corrected chi connectivity index (χ2v) is 6.51. The lowest BCUT2D eigenvalue weighted by molar-refractivity contribution is -0.150. The third-order valence-corrected chi connectivity index (χ3v) is 4.14. The number of hydrogen-bond donors (Lipinski definition) is 1. The molecule has 0 spiro atoms. The molecule has 1 aromatic carbocycles. The van der Waals surface area contributed by atoms with Crippen molar-refractivity contribution < 1.29 is 19.1 Å². The van der Waals surface area contributed by atoms with Crippen molar-refractivity contribution in [1.82, 2.24) is 9.97 Å². The van der Waals surface area contributed by atoms with E-state index in [-0.39, 0.29) is 5.75 Å². The second kappa shape index (κ2) is 9.19. The number of thioether (sulfide) groups is 1. The number of carbonyl (C=O) groups excluding carboxylic acids is 2. The number of esters is 1. The summed E-state index contributed by atoms with van der Waals surface area (Å²) >= 11 is 1.18. The average molecular weight is 375 g/mol. The van der Waals surface area contributed by atoms with E-state index in [2.05, 4.69) is 15.3 Å². The molecule has 8 heteroatoms. The van der Waals surface area contributed by atoms with Crippen LogP contribution in [-0.2, 0) is 14.3 Å². The smallest absolute Gasteiger partial charge is 0.317 e. The van der Waals surface area contributed by atoms with Gasteiger partial charge in [-0.1, -0.05) is 11.8 Å². The minimum Gasteiger partial charge on any atom is -0.497 e. The minimum absolute atomic E-state index is 0.0308. The van der Waals surface area contributed by atoms with Crippen LogP contribution in [-0.4, -0.2) is 40.8 Å². The maximum atomic E-state index is 12.1. The van der Waals surface area contributed by atoms with Gasteiger partial charge in [-0.2, -0.15) is 0 Å². The molecule has 1 aromatic heterocycles.